The van der Waals surface area contributed by atoms with E-state index in [1.165, 1.54) is 0 Å². The standard InChI is InChI=1S/C39H50N2O5/c1-36(2)23-31(24-37(3,4)41(36)46-32-17-13-10-14-18-32)34(42)29-19-21-30(22-20-29)35(43)45-33-25-38(5,6)40(39(7,8)26-33)44-27-28-15-11-9-12-16-28/h9-22,31,33H,23-27H2,1-8H3. The van der Waals surface area contributed by atoms with Crippen LogP contribution in [0.4, 0.5) is 0 Å². The van der Waals surface area contributed by atoms with Crippen LogP contribution in [0, 0.1) is 5.92 Å². The van der Waals surface area contributed by atoms with E-state index in [0.717, 1.165) is 11.3 Å². The molecule has 7 heteroatoms. The SMILES string of the molecule is CC1(C)CC(OC(=O)c2ccc(C(=O)C3CC(C)(C)N(Oc4ccccc4)C(C)(C)C3)cc2)CC(C)(C)N1OCc1ccccc1. The number of hydrogen-bond donors (Lipinski definition) is 0. The fourth-order valence-corrected chi connectivity index (χ4v) is 7.83. The Bertz CT molecular complexity index is 1460. The summed E-state index contributed by atoms with van der Waals surface area (Å²) in [4.78, 5) is 39.7. The van der Waals surface area contributed by atoms with Gasteiger partial charge >= 0.3 is 5.97 Å². The molecular weight excluding hydrogens is 576 g/mol. The minimum Gasteiger partial charge on any atom is -0.459 e. The number of piperidine rings is 2. The highest BCUT2D eigenvalue weighted by molar-refractivity contribution is 5.99. The Balaban J connectivity index is 1.20. The van der Waals surface area contributed by atoms with Gasteiger partial charge in [-0.1, -0.05) is 60.7 Å². The summed E-state index contributed by atoms with van der Waals surface area (Å²) in [5.74, 6) is 0.330. The Kier molecular flexibility index (Phi) is 9.52. The molecule has 2 fully saturated rings. The normalized spacial score (nSPS) is 21.4. The summed E-state index contributed by atoms with van der Waals surface area (Å²) in [5.41, 5.74) is 0.733. The number of esters is 1. The molecule has 246 valence electrons. The first-order valence-corrected chi connectivity index (χ1v) is 16.4. The average molecular weight is 627 g/mol. The summed E-state index contributed by atoms with van der Waals surface area (Å²) in [6, 6.07) is 26.9. The lowest BCUT2D eigenvalue weighted by molar-refractivity contribution is -0.298. The number of ketones is 1. The van der Waals surface area contributed by atoms with Gasteiger partial charge in [-0.3, -0.25) is 9.63 Å². The molecule has 0 unspecified atom stereocenters. The van der Waals surface area contributed by atoms with Gasteiger partial charge in [-0.25, -0.2) is 4.79 Å². The fraction of sp³-hybridized carbons (Fsp3) is 0.487. The third kappa shape index (κ3) is 7.54. The van der Waals surface area contributed by atoms with Gasteiger partial charge in [-0.05, 0) is 98.1 Å². The highest BCUT2D eigenvalue weighted by atomic mass is 16.7. The summed E-state index contributed by atoms with van der Waals surface area (Å²) in [7, 11) is 0. The molecule has 0 amide bonds. The molecule has 2 heterocycles. The van der Waals surface area contributed by atoms with Gasteiger partial charge in [0.05, 0.1) is 23.2 Å². The molecule has 0 atom stereocenters. The molecule has 0 bridgehead atoms. The number of hydroxylamine groups is 4. The van der Waals surface area contributed by atoms with Gasteiger partial charge in [-0.2, -0.15) is 5.06 Å². The van der Waals surface area contributed by atoms with Crippen molar-refractivity contribution in [1.82, 2.24) is 10.1 Å². The maximum Gasteiger partial charge on any atom is 0.338 e. The molecule has 3 aromatic carbocycles. The number of carbonyl (C=O) groups excluding carboxylic acids is 2. The molecule has 0 aromatic heterocycles. The van der Waals surface area contributed by atoms with Crippen LogP contribution in [0.25, 0.3) is 0 Å². The van der Waals surface area contributed by atoms with Crippen LogP contribution < -0.4 is 4.84 Å². The molecule has 0 saturated carbocycles. The number of ether oxygens (including phenoxy) is 1. The monoisotopic (exact) mass is 626 g/mol. The number of hydrogen-bond acceptors (Lipinski definition) is 7. The molecule has 0 radical (unpaired) electrons. The lowest BCUT2D eigenvalue weighted by Crippen LogP contribution is -2.62. The summed E-state index contributed by atoms with van der Waals surface area (Å²) < 4.78 is 6.07. The maximum atomic E-state index is 13.8. The van der Waals surface area contributed by atoms with E-state index < -0.39 is 0 Å². The van der Waals surface area contributed by atoms with E-state index in [1.807, 2.05) is 53.6 Å². The van der Waals surface area contributed by atoms with Crippen LogP contribution in [-0.2, 0) is 16.2 Å². The molecule has 46 heavy (non-hydrogen) atoms. The summed E-state index contributed by atoms with van der Waals surface area (Å²) in [6.45, 7) is 17.5. The van der Waals surface area contributed by atoms with Gasteiger partial charge in [0.1, 0.15) is 11.9 Å². The number of rotatable bonds is 9. The molecule has 2 aliphatic rings. The van der Waals surface area contributed by atoms with Crippen LogP contribution in [-0.4, -0.2) is 50.1 Å². The second kappa shape index (κ2) is 12.9. The highest BCUT2D eigenvalue weighted by Crippen LogP contribution is 2.43. The van der Waals surface area contributed by atoms with Gasteiger partial charge < -0.3 is 9.57 Å². The number of benzene rings is 3. The number of carbonyl (C=O) groups is 2. The third-order valence-electron chi connectivity index (χ3n) is 9.34. The molecule has 2 saturated heterocycles. The van der Waals surface area contributed by atoms with Gasteiger partial charge in [0.25, 0.3) is 0 Å². The number of nitrogens with zero attached hydrogens (tertiary/aromatic N) is 2. The predicted octanol–water partition coefficient (Wildman–Crippen LogP) is 8.44. The minimum absolute atomic E-state index is 0.0896. The van der Waals surface area contributed by atoms with Crippen molar-refractivity contribution >= 4 is 11.8 Å². The summed E-state index contributed by atoms with van der Waals surface area (Å²) >= 11 is 0. The predicted molar refractivity (Wildman–Crippen MR) is 180 cm³/mol. The van der Waals surface area contributed by atoms with Crippen LogP contribution in [0.1, 0.15) is 107 Å². The van der Waals surface area contributed by atoms with E-state index in [-0.39, 0.29) is 45.9 Å². The lowest BCUT2D eigenvalue weighted by atomic mass is 9.72. The Labute approximate surface area is 274 Å². The maximum absolute atomic E-state index is 13.8. The first kappa shape index (κ1) is 33.8. The van der Waals surface area contributed by atoms with E-state index in [9.17, 15) is 9.59 Å². The average Bonchev–Trinajstić information content (AvgIpc) is 2.98. The van der Waals surface area contributed by atoms with E-state index in [4.69, 9.17) is 14.4 Å². The second-order valence-corrected chi connectivity index (χ2v) is 15.5. The first-order valence-electron chi connectivity index (χ1n) is 16.4. The van der Waals surface area contributed by atoms with Crippen LogP contribution >= 0.6 is 0 Å². The largest absolute Gasteiger partial charge is 0.459 e. The lowest BCUT2D eigenvalue weighted by Gasteiger charge is -2.53. The molecule has 5 rings (SSSR count). The minimum atomic E-state index is -0.372. The van der Waals surface area contributed by atoms with E-state index >= 15 is 0 Å². The molecule has 7 nitrogen and oxygen atoms in total. The highest BCUT2D eigenvalue weighted by Gasteiger charge is 2.50. The number of para-hydroxylation sites is 1. The molecular formula is C39H50N2O5. The van der Waals surface area contributed by atoms with Crippen LogP contribution in [0.2, 0.25) is 0 Å². The molecule has 0 N–H and O–H groups in total. The van der Waals surface area contributed by atoms with Crippen molar-refractivity contribution in [2.24, 2.45) is 5.92 Å². The number of Topliss-reactive ketones (excluding diaryl/α,β-unsaturated/α-hetero) is 1. The smallest absolute Gasteiger partial charge is 0.338 e. The Morgan fingerprint density at radius 1 is 0.630 bits per heavy atom. The van der Waals surface area contributed by atoms with Crippen LogP contribution in [0.5, 0.6) is 5.75 Å². The van der Waals surface area contributed by atoms with Crippen molar-refractivity contribution in [3.8, 4) is 5.75 Å². The Hall–Kier alpha value is -3.52. The Morgan fingerprint density at radius 2 is 1.11 bits per heavy atom. The zero-order valence-electron chi connectivity index (χ0n) is 28.7. The van der Waals surface area contributed by atoms with Gasteiger partial charge in [0.2, 0.25) is 0 Å². The second-order valence-electron chi connectivity index (χ2n) is 15.5. The van der Waals surface area contributed by atoms with Crippen molar-refractivity contribution in [1.29, 1.82) is 0 Å². The van der Waals surface area contributed by atoms with E-state index in [1.54, 1.807) is 24.3 Å². The molecule has 3 aromatic rings. The van der Waals surface area contributed by atoms with Gasteiger partial charge in [0.15, 0.2) is 5.78 Å². The molecule has 0 spiro atoms. The fourth-order valence-electron chi connectivity index (χ4n) is 7.83. The molecule has 0 aliphatic carbocycles. The zero-order valence-corrected chi connectivity index (χ0v) is 28.7. The van der Waals surface area contributed by atoms with Gasteiger partial charge in [-0.15, -0.1) is 5.06 Å². The first-order chi connectivity index (χ1) is 21.6. The quantitative estimate of drug-likeness (QED) is 0.174. The Morgan fingerprint density at radius 3 is 1.65 bits per heavy atom. The van der Waals surface area contributed by atoms with Crippen molar-refractivity contribution < 1.29 is 24.0 Å². The summed E-state index contributed by atoms with van der Waals surface area (Å²) in [5, 5.41) is 4.11. The van der Waals surface area contributed by atoms with Gasteiger partial charge in [0, 0.05) is 35.4 Å². The van der Waals surface area contributed by atoms with Crippen LogP contribution in [0.15, 0.2) is 84.9 Å². The molecule has 2 aliphatic heterocycles. The van der Waals surface area contributed by atoms with Crippen molar-refractivity contribution in [2.45, 2.75) is 116 Å². The zero-order chi connectivity index (χ0) is 33.3. The van der Waals surface area contributed by atoms with Crippen molar-refractivity contribution in [3.63, 3.8) is 0 Å². The van der Waals surface area contributed by atoms with Crippen LogP contribution in [0.3, 0.4) is 0 Å². The topological polar surface area (TPSA) is 68.3 Å². The summed E-state index contributed by atoms with van der Waals surface area (Å²) in [6.07, 6.45) is 2.34. The third-order valence-corrected chi connectivity index (χ3v) is 9.34. The van der Waals surface area contributed by atoms with Crippen molar-refractivity contribution in [3.05, 3.63) is 102 Å². The van der Waals surface area contributed by atoms with E-state index in [2.05, 4.69) is 72.6 Å². The van der Waals surface area contributed by atoms with E-state index in [0.29, 0.717) is 43.4 Å². The van der Waals surface area contributed by atoms with Crippen molar-refractivity contribution in [2.75, 3.05) is 0 Å².